The highest BCUT2D eigenvalue weighted by Gasteiger charge is 2.25. The summed E-state index contributed by atoms with van der Waals surface area (Å²) in [5.41, 5.74) is 0. The van der Waals surface area contributed by atoms with Gasteiger partial charge in [0.05, 0.1) is 4.47 Å². The van der Waals surface area contributed by atoms with E-state index in [2.05, 4.69) is 25.4 Å². The second-order valence-electron chi connectivity index (χ2n) is 6.18. The number of benzene rings is 1. The van der Waals surface area contributed by atoms with Gasteiger partial charge >= 0.3 is 12.6 Å². The van der Waals surface area contributed by atoms with Crippen molar-refractivity contribution in [3.8, 4) is 11.5 Å². The molecule has 142 valence electrons. The molecule has 0 fully saturated rings. The van der Waals surface area contributed by atoms with Crippen molar-refractivity contribution in [2.24, 2.45) is 0 Å². The summed E-state index contributed by atoms with van der Waals surface area (Å²) in [4.78, 5) is 11.8. The topological polar surface area (TPSA) is 70.6 Å². The van der Waals surface area contributed by atoms with Crippen LogP contribution >= 0.6 is 15.9 Å². The Morgan fingerprint density at radius 2 is 2.04 bits per heavy atom. The molecule has 1 aromatic carbocycles. The molecule has 0 spiro atoms. The summed E-state index contributed by atoms with van der Waals surface area (Å²) in [7, 11) is 0. The number of hydrogen-bond donors (Lipinski definition) is 1. The van der Waals surface area contributed by atoms with Crippen LogP contribution in [0.15, 0.2) is 22.7 Å². The first-order valence-electron chi connectivity index (χ1n) is 7.70. The van der Waals surface area contributed by atoms with E-state index < -0.39 is 23.9 Å². The van der Waals surface area contributed by atoms with Gasteiger partial charge in [-0.25, -0.2) is 0 Å². The van der Waals surface area contributed by atoms with Crippen LogP contribution in [0.1, 0.15) is 40.0 Å². The zero-order chi connectivity index (χ0) is 19.0. The van der Waals surface area contributed by atoms with Crippen LogP contribution in [0.25, 0.3) is 0 Å². The molecule has 0 aliphatic heterocycles. The molecule has 0 radical (unpaired) electrons. The minimum Gasteiger partial charge on any atom is -0.598 e. The molecule has 0 amide bonds. The maximum Gasteiger partial charge on any atom is 0.387 e. The van der Waals surface area contributed by atoms with Gasteiger partial charge in [-0.15, -0.1) is 4.72 Å². The highest BCUT2D eigenvalue weighted by molar-refractivity contribution is 9.10. The van der Waals surface area contributed by atoms with E-state index in [4.69, 9.17) is 4.74 Å². The normalized spacial score (nSPS) is 13.0. The largest absolute Gasteiger partial charge is 0.598 e. The highest BCUT2D eigenvalue weighted by atomic mass is 79.9. The van der Waals surface area contributed by atoms with Crippen molar-refractivity contribution in [1.82, 2.24) is 4.72 Å². The van der Waals surface area contributed by atoms with Gasteiger partial charge in [-0.2, -0.15) is 8.78 Å². The minimum absolute atomic E-state index is 0.0282. The van der Waals surface area contributed by atoms with Crippen molar-refractivity contribution in [1.29, 1.82) is 0 Å². The van der Waals surface area contributed by atoms with Crippen molar-refractivity contribution in [2.45, 2.75) is 51.4 Å². The molecular weight excluding hydrogens is 420 g/mol. The van der Waals surface area contributed by atoms with Crippen LogP contribution in [0.3, 0.4) is 0 Å². The van der Waals surface area contributed by atoms with Crippen molar-refractivity contribution >= 4 is 33.3 Å². The Labute approximate surface area is 157 Å². The molecule has 0 bridgehead atoms. The summed E-state index contributed by atoms with van der Waals surface area (Å²) in [6.07, 6.45) is 1.46. The molecule has 1 N–H and O–H groups in total. The van der Waals surface area contributed by atoms with Crippen LogP contribution in [0.2, 0.25) is 0 Å². The second kappa shape index (κ2) is 10.3. The van der Waals surface area contributed by atoms with Crippen molar-refractivity contribution in [3.05, 3.63) is 22.7 Å². The molecule has 0 aliphatic carbocycles. The molecular formula is C16H22BrF2NO4S. The maximum absolute atomic E-state index is 12.1. The molecule has 1 rings (SSSR count). The predicted molar refractivity (Wildman–Crippen MR) is 96.2 cm³/mol. The van der Waals surface area contributed by atoms with Gasteiger partial charge in [0.15, 0.2) is 0 Å². The first-order chi connectivity index (χ1) is 11.6. The summed E-state index contributed by atoms with van der Waals surface area (Å²) in [5.74, 6) is -0.224. The quantitative estimate of drug-likeness (QED) is 0.269. The Balaban J connectivity index is 2.33. The van der Waals surface area contributed by atoms with Crippen molar-refractivity contribution in [3.63, 3.8) is 0 Å². The van der Waals surface area contributed by atoms with Crippen LogP contribution < -0.4 is 14.2 Å². The molecule has 0 saturated carbocycles. The fraction of sp³-hybridized carbons (Fsp3) is 0.562. The van der Waals surface area contributed by atoms with E-state index in [0.717, 1.165) is 0 Å². The summed E-state index contributed by atoms with van der Waals surface area (Å²) >= 11 is 2.02. The zero-order valence-electron chi connectivity index (χ0n) is 14.3. The van der Waals surface area contributed by atoms with E-state index in [0.29, 0.717) is 23.9 Å². The molecule has 0 saturated heterocycles. The van der Waals surface area contributed by atoms with E-state index in [1.165, 1.54) is 18.2 Å². The third-order valence-corrected chi connectivity index (χ3v) is 5.15. The molecule has 25 heavy (non-hydrogen) atoms. The first-order valence-corrected chi connectivity index (χ1v) is 9.64. The fourth-order valence-electron chi connectivity index (χ4n) is 1.69. The van der Waals surface area contributed by atoms with E-state index >= 15 is 0 Å². The molecule has 9 heteroatoms. The summed E-state index contributed by atoms with van der Waals surface area (Å²) in [6, 6.07) is 3.99. The lowest BCUT2D eigenvalue weighted by molar-refractivity contribution is -0.134. The number of rotatable bonds is 9. The number of halogens is 3. The molecule has 0 aromatic heterocycles. The van der Waals surface area contributed by atoms with Gasteiger partial charge in [0.25, 0.3) is 0 Å². The number of alkyl halides is 2. The number of carbonyl (C=O) groups is 1. The lowest BCUT2D eigenvalue weighted by Gasteiger charge is -2.23. The number of nitrogens with one attached hydrogen (secondary N) is 1. The lowest BCUT2D eigenvalue weighted by Crippen LogP contribution is -2.39. The fourth-order valence-corrected chi connectivity index (χ4v) is 2.89. The van der Waals surface area contributed by atoms with Crippen molar-refractivity contribution in [2.75, 3.05) is 6.54 Å². The van der Waals surface area contributed by atoms with Gasteiger partial charge in [-0.3, -0.25) is 4.79 Å². The Morgan fingerprint density at radius 3 is 2.60 bits per heavy atom. The van der Waals surface area contributed by atoms with Crippen LogP contribution in [-0.4, -0.2) is 28.4 Å². The maximum atomic E-state index is 12.1. The smallest absolute Gasteiger partial charge is 0.387 e. The number of esters is 1. The summed E-state index contributed by atoms with van der Waals surface area (Å²) in [6.45, 7) is 3.26. The first kappa shape index (κ1) is 22.1. The van der Waals surface area contributed by atoms with Gasteiger partial charge in [-0.1, -0.05) is 0 Å². The molecule has 1 atom stereocenters. The van der Waals surface area contributed by atoms with Crippen molar-refractivity contribution < 1.29 is 27.6 Å². The molecule has 1 unspecified atom stereocenters. The predicted octanol–water partition coefficient (Wildman–Crippen LogP) is 4.18. The van der Waals surface area contributed by atoms with Crippen LogP contribution in [0, 0.1) is 0 Å². The van der Waals surface area contributed by atoms with Crippen LogP contribution in [0.4, 0.5) is 8.78 Å². The molecule has 1 aromatic rings. The standard InChI is InChI=1S/C16H22BrF2NO4S/c1-16(2,3)25(22)20-9-5-4-6-14(21)24-13-8-7-11(10-12(13)17)23-15(18)19/h7-8,10,15,20H,4-6,9H2,1-3H3. The van der Waals surface area contributed by atoms with Gasteiger partial charge < -0.3 is 14.0 Å². The average molecular weight is 442 g/mol. The third kappa shape index (κ3) is 8.84. The number of hydrogen-bond acceptors (Lipinski definition) is 5. The molecule has 0 aliphatic rings. The number of ether oxygens (including phenoxy) is 2. The monoisotopic (exact) mass is 441 g/mol. The zero-order valence-corrected chi connectivity index (χ0v) is 16.7. The van der Waals surface area contributed by atoms with E-state index in [9.17, 15) is 18.1 Å². The van der Waals surface area contributed by atoms with E-state index in [1.54, 1.807) is 0 Å². The van der Waals surface area contributed by atoms with Gasteiger partial charge in [-0.05, 0) is 67.7 Å². The Hall–Kier alpha value is -0.900. The SMILES string of the molecule is CC(C)(C)[S+]([O-])NCCCCC(=O)Oc1ccc(OC(F)F)cc1Br. The lowest BCUT2D eigenvalue weighted by atomic mass is 10.2. The summed E-state index contributed by atoms with van der Waals surface area (Å²) in [5, 5.41) is 0. The van der Waals surface area contributed by atoms with E-state index in [1.807, 2.05) is 20.8 Å². The van der Waals surface area contributed by atoms with Crippen LogP contribution in [-0.2, 0) is 16.2 Å². The third-order valence-electron chi connectivity index (χ3n) is 2.95. The molecule has 5 nitrogen and oxygen atoms in total. The number of carbonyl (C=O) groups excluding carboxylic acids is 1. The average Bonchev–Trinajstić information content (AvgIpc) is 2.48. The Kier molecular flexibility index (Phi) is 9.12. The Morgan fingerprint density at radius 1 is 1.36 bits per heavy atom. The van der Waals surface area contributed by atoms with Crippen LogP contribution in [0.5, 0.6) is 11.5 Å². The number of unbranched alkanes of at least 4 members (excludes halogenated alkanes) is 1. The Bertz CT molecular complexity index is 570. The van der Waals surface area contributed by atoms with Gasteiger partial charge in [0, 0.05) is 24.3 Å². The van der Waals surface area contributed by atoms with Gasteiger partial charge in [0.2, 0.25) is 0 Å². The molecule has 0 heterocycles. The van der Waals surface area contributed by atoms with Gasteiger partial charge in [0.1, 0.15) is 16.2 Å². The minimum atomic E-state index is -2.92. The van der Waals surface area contributed by atoms with E-state index in [-0.39, 0.29) is 22.7 Å². The summed E-state index contributed by atoms with van der Waals surface area (Å²) < 4.78 is 48.4. The highest BCUT2D eigenvalue weighted by Crippen LogP contribution is 2.30. The second-order valence-corrected chi connectivity index (χ2v) is 9.08.